The van der Waals surface area contributed by atoms with Crippen molar-refractivity contribution in [3.8, 4) is 5.75 Å². The number of pyridine rings is 1. The monoisotopic (exact) mass is 504 g/mol. The zero-order chi connectivity index (χ0) is 26.0. The average Bonchev–Trinajstić information content (AvgIpc) is 2.84. The van der Waals surface area contributed by atoms with Crippen molar-refractivity contribution in [2.45, 2.75) is 45.4 Å². The van der Waals surface area contributed by atoms with Crippen LogP contribution in [-0.2, 0) is 27.4 Å². The van der Waals surface area contributed by atoms with Crippen LogP contribution in [0, 0.1) is 17.0 Å². The van der Waals surface area contributed by atoms with E-state index in [1.807, 2.05) is 0 Å². The summed E-state index contributed by atoms with van der Waals surface area (Å²) in [5, 5.41) is 2.42. The number of fused-ring (bicyclic) bond motifs is 2. The van der Waals surface area contributed by atoms with Crippen LogP contribution in [0.5, 0.6) is 5.75 Å². The second-order valence-electron chi connectivity index (χ2n) is 9.05. The quantitative estimate of drug-likeness (QED) is 0.576. The molecule has 0 spiro atoms. The van der Waals surface area contributed by atoms with Crippen LogP contribution >= 0.6 is 0 Å². The van der Waals surface area contributed by atoms with E-state index in [9.17, 15) is 28.0 Å². The number of nitrogens with one attached hydrogen (secondary N) is 1. The number of carbonyl (C=O) groups is 3. The second-order valence-corrected chi connectivity index (χ2v) is 9.05. The number of carbonyl (C=O) groups excluding carboxylic acids is 3. The molecule has 2 aliphatic heterocycles. The zero-order valence-corrected chi connectivity index (χ0v) is 19.9. The van der Waals surface area contributed by atoms with Gasteiger partial charge in [0.15, 0.2) is 5.78 Å². The summed E-state index contributed by atoms with van der Waals surface area (Å²) in [6, 6.07) is 2.90. The number of ketones is 1. The second kappa shape index (κ2) is 10.3. The Hall–Kier alpha value is -3.44. The van der Waals surface area contributed by atoms with E-state index < -0.39 is 57.6 Å². The summed E-state index contributed by atoms with van der Waals surface area (Å²) >= 11 is 0. The number of halogens is 2. The third kappa shape index (κ3) is 4.80. The molecule has 2 aromatic rings. The van der Waals surface area contributed by atoms with Gasteiger partial charge in [0.2, 0.25) is 11.2 Å². The lowest BCUT2D eigenvalue weighted by molar-refractivity contribution is -0.135. The van der Waals surface area contributed by atoms with Gasteiger partial charge >= 0.3 is 5.97 Å². The van der Waals surface area contributed by atoms with Gasteiger partial charge in [0.05, 0.1) is 31.1 Å². The molecule has 9 nitrogen and oxygen atoms in total. The lowest BCUT2D eigenvalue weighted by Gasteiger charge is -2.44. The third-order valence-corrected chi connectivity index (χ3v) is 6.63. The number of rotatable bonds is 7. The van der Waals surface area contributed by atoms with Gasteiger partial charge in [0.1, 0.15) is 22.9 Å². The molecule has 0 saturated carbocycles. The standard InChI is InChI=1S/C25H26F2N2O7/c1-25-7-3-8-35-18(25)13-29-12-16(24(33)28-11-14-4-5-15(26)10-17(14)27)21(31)22(20(29)23(25)32)36-19(30)6-9-34-2/h4-5,10,12,18H,3,6-9,11,13H2,1-2H3,(H,28,33)/t18-,25-/m0/s1. The minimum Gasteiger partial charge on any atom is -0.420 e. The van der Waals surface area contributed by atoms with Gasteiger partial charge < -0.3 is 24.1 Å². The fraction of sp³-hybridized carbons (Fsp3) is 0.440. The van der Waals surface area contributed by atoms with E-state index in [0.29, 0.717) is 25.5 Å². The van der Waals surface area contributed by atoms with Crippen molar-refractivity contribution in [3.63, 3.8) is 0 Å². The first-order valence-electron chi connectivity index (χ1n) is 11.5. The Morgan fingerprint density at radius 2 is 2.06 bits per heavy atom. The molecule has 2 aliphatic rings. The Balaban J connectivity index is 1.72. The molecule has 1 amide bonds. The van der Waals surface area contributed by atoms with Gasteiger partial charge in [-0.25, -0.2) is 8.78 Å². The van der Waals surface area contributed by atoms with E-state index >= 15 is 0 Å². The van der Waals surface area contributed by atoms with Crippen LogP contribution in [0.2, 0.25) is 0 Å². The van der Waals surface area contributed by atoms with Gasteiger partial charge in [-0.3, -0.25) is 19.2 Å². The highest BCUT2D eigenvalue weighted by atomic mass is 19.1. The number of nitrogens with zero attached hydrogens (tertiary/aromatic N) is 1. The van der Waals surface area contributed by atoms with E-state index in [1.54, 1.807) is 6.92 Å². The third-order valence-electron chi connectivity index (χ3n) is 6.63. The molecule has 192 valence electrons. The molecule has 1 aromatic heterocycles. The molecule has 0 aliphatic carbocycles. The first-order valence-corrected chi connectivity index (χ1v) is 11.5. The summed E-state index contributed by atoms with van der Waals surface area (Å²) in [5.41, 5.74) is -2.35. The van der Waals surface area contributed by atoms with E-state index in [-0.39, 0.29) is 37.4 Å². The summed E-state index contributed by atoms with van der Waals surface area (Å²) in [5.74, 6) is -4.25. The number of Topliss-reactive ketones (excluding diaryl/α,β-unsaturated/α-hetero) is 1. The fourth-order valence-corrected chi connectivity index (χ4v) is 4.53. The van der Waals surface area contributed by atoms with Crippen LogP contribution < -0.4 is 15.5 Å². The van der Waals surface area contributed by atoms with E-state index in [0.717, 1.165) is 6.07 Å². The largest absolute Gasteiger partial charge is 0.420 e. The molecule has 0 bridgehead atoms. The smallest absolute Gasteiger partial charge is 0.313 e. The summed E-state index contributed by atoms with van der Waals surface area (Å²) in [6.07, 6.45) is 1.75. The number of aromatic nitrogens is 1. The highest BCUT2D eigenvalue weighted by molar-refractivity contribution is 6.04. The molecule has 0 unspecified atom stereocenters. The molecule has 3 heterocycles. The Bertz CT molecular complexity index is 1280. The van der Waals surface area contributed by atoms with Crippen LogP contribution in [0.4, 0.5) is 8.78 Å². The van der Waals surface area contributed by atoms with E-state index in [4.69, 9.17) is 14.2 Å². The molecule has 2 atom stereocenters. The van der Waals surface area contributed by atoms with Crippen molar-refractivity contribution in [3.05, 3.63) is 63.1 Å². The van der Waals surface area contributed by atoms with Crippen molar-refractivity contribution < 1.29 is 37.4 Å². The first kappa shape index (κ1) is 25.6. The molecule has 1 N–H and O–H groups in total. The van der Waals surface area contributed by atoms with Crippen molar-refractivity contribution in [1.82, 2.24) is 9.88 Å². The Morgan fingerprint density at radius 1 is 1.28 bits per heavy atom. The molecule has 1 saturated heterocycles. The normalized spacial score (nSPS) is 20.9. The number of methoxy groups -OCH3 is 1. The number of benzene rings is 1. The summed E-state index contributed by atoms with van der Waals surface area (Å²) in [4.78, 5) is 52.2. The predicted molar refractivity (Wildman–Crippen MR) is 122 cm³/mol. The van der Waals surface area contributed by atoms with Crippen LogP contribution in [-0.4, -0.2) is 48.7 Å². The summed E-state index contributed by atoms with van der Waals surface area (Å²) < 4.78 is 44.6. The van der Waals surface area contributed by atoms with Crippen molar-refractivity contribution in [2.24, 2.45) is 5.41 Å². The molecule has 11 heteroatoms. The zero-order valence-electron chi connectivity index (χ0n) is 19.9. The van der Waals surface area contributed by atoms with Crippen LogP contribution in [0.3, 0.4) is 0 Å². The minimum absolute atomic E-state index is 0.00980. The number of hydrogen-bond acceptors (Lipinski definition) is 7. The van der Waals surface area contributed by atoms with Gasteiger partial charge in [-0.2, -0.15) is 0 Å². The topological polar surface area (TPSA) is 113 Å². The van der Waals surface area contributed by atoms with Gasteiger partial charge in [0, 0.05) is 38.1 Å². The molecule has 36 heavy (non-hydrogen) atoms. The summed E-state index contributed by atoms with van der Waals surface area (Å²) in [7, 11) is 1.40. The van der Waals surface area contributed by atoms with Gasteiger partial charge in [-0.15, -0.1) is 0 Å². The molecule has 4 rings (SSSR count). The number of amides is 1. The van der Waals surface area contributed by atoms with Crippen LogP contribution in [0.25, 0.3) is 0 Å². The predicted octanol–water partition coefficient (Wildman–Crippen LogP) is 2.38. The van der Waals surface area contributed by atoms with Crippen LogP contribution in [0.1, 0.15) is 52.6 Å². The minimum atomic E-state index is -0.948. The molecule has 0 radical (unpaired) electrons. The fourth-order valence-electron chi connectivity index (χ4n) is 4.53. The molecule has 1 aromatic carbocycles. The Morgan fingerprint density at radius 3 is 2.78 bits per heavy atom. The Labute approximate surface area is 205 Å². The first-order chi connectivity index (χ1) is 17.2. The highest BCUT2D eigenvalue weighted by Gasteiger charge is 2.50. The van der Waals surface area contributed by atoms with Gasteiger partial charge in [0.25, 0.3) is 5.91 Å². The maximum atomic E-state index is 14.0. The maximum Gasteiger partial charge on any atom is 0.313 e. The van der Waals surface area contributed by atoms with Gasteiger partial charge in [-0.05, 0) is 25.8 Å². The lowest BCUT2D eigenvalue weighted by atomic mass is 9.71. The highest BCUT2D eigenvalue weighted by Crippen LogP contribution is 2.42. The SMILES string of the molecule is COCCC(=O)Oc1c2n(cc(C(=O)NCc3ccc(F)cc3F)c1=O)C[C@@H]1OCCC[C@]1(C)C2=O. The maximum absolute atomic E-state index is 14.0. The Kier molecular flexibility index (Phi) is 7.32. The molecule has 1 fully saturated rings. The van der Waals surface area contributed by atoms with Crippen molar-refractivity contribution >= 4 is 17.7 Å². The van der Waals surface area contributed by atoms with E-state index in [2.05, 4.69) is 5.32 Å². The number of ether oxygens (including phenoxy) is 3. The summed E-state index contributed by atoms with van der Waals surface area (Å²) in [6.45, 7) is 2.10. The molecular formula is C25H26F2N2O7. The van der Waals surface area contributed by atoms with E-state index in [1.165, 1.54) is 23.9 Å². The number of hydrogen-bond donors (Lipinski definition) is 1. The van der Waals surface area contributed by atoms with Crippen molar-refractivity contribution in [2.75, 3.05) is 20.3 Å². The average molecular weight is 504 g/mol. The number of esters is 1. The molecular weight excluding hydrogens is 478 g/mol. The van der Waals surface area contributed by atoms with Crippen molar-refractivity contribution in [1.29, 1.82) is 0 Å². The van der Waals surface area contributed by atoms with Crippen LogP contribution in [0.15, 0.2) is 29.2 Å². The lowest BCUT2D eigenvalue weighted by Crippen LogP contribution is -2.52. The van der Waals surface area contributed by atoms with Gasteiger partial charge in [-0.1, -0.05) is 6.07 Å².